The summed E-state index contributed by atoms with van der Waals surface area (Å²) in [6, 6.07) is 0. The Bertz CT molecular complexity index is 166. The molecule has 0 aromatic heterocycles. The first-order valence-electron chi connectivity index (χ1n) is 7.40. The monoisotopic (exact) mass is 242 g/mol. The van der Waals surface area contributed by atoms with E-state index in [-0.39, 0.29) is 0 Å². The van der Waals surface area contributed by atoms with Crippen LogP contribution in [0.25, 0.3) is 0 Å². The summed E-state index contributed by atoms with van der Waals surface area (Å²) in [4.78, 5) is 11.5. The lowest BCUT2D eigenvalue weighted by Crippen LogP contribution is -2.04. The minimum absolute atomic E-state index is 0.370. The SMILES string of the molecule is CCCCCCCCCC(=O)CCOCCC. The fraction of sp³-hybridized carbons (Fsp3) is 0.933. The maximum atomic E-state index is 11.5. The molecule has 2 nitrogen and oxygen atoms in total. The summed E-state index contributed by atoms with van der Waals surface area (Å²) in [5.41, 5.74) is 0. The molecule has 0 aliphatic carbocycles. The van der Waals surface area contributed by atoms with Crippen LogP contribution in [-0.4, -0.2) is 19.0 Å². The number of rotatable bonds is 13. The maximum absolute atomic E-state index is 11.5. The van der Waals surface area contributed by atoms with Gasteiger partial charge in [-0.15, -0.1) is 0 Å². The van der Waals surface area contributed by atoms with E-state index >= 15 is 0 Å². The van der Waals surface area contributed by atoms with Gasteiger partial charge in [-0.1, -0.05) is 52.4 Å². The van der Waals surface area contributed by atoms with E-state index in [1.165, 1.54) is 38.5 Å². The Morgan fingerprint density at radius 1 is 0.765 bits per heavy atom. The third kappa shape index (κ3) is 13.6. The summed E-state index contributed by atoms with van der Waals surface area (Å²) in [6.45, 7) is 5.72. The third-order valence-corrected chi connectivity index (χ3v) is 2.93. The second-order valence-electron chi connectivity index (χ2n) is 4.77. The molecule has 0 amide bonds. The molecule has 2 heteroatoms. The number of carbonyl (C=O) groups is 1. The highest BCUT2D eigenvalue weighted by Crippen LogP contribution is 2.09. The predicted octanol–water partition coefficient (Wildman–Crippen LogP) is 4.51. The molecular formula is C15H30O2. The van der Waals surface area contributed by atoms with Crippen LogP contribution in [0.3, 0.4) is 0 Å². The summed E-state index contributed by atoms with van der Waals surface area (Å²) in [7, 11) is 0. The molecule has 0 aromatic carbocycles. The van der Waals surface area contributed by atoms with Crippen LogP contribution in [0.4, 0.5) is 0 Å². The van der Waals surface area contributed by atoms with Crippen molar-refractivity contribution in [1.82, 2.24) is 0 Å². The van der Waals surface area contributed by atoms with E-state index in [4.69, 9.17) is 4.74 Å². The topological polar surface area (TPSA) is 26.3 Å². The maximum Gasteiger partial charge on any atom is 0.135 e. The van der Waals surface area contributed by atoms with Crippen LogP contribution in [0, 0.1) is 0 Å². The number of ketones is 1. The fourth-order valence-electron chi connectivity index (χ4n) is 1.84. The van der Waals surface area contributed by atoms with Crippen LogP contribution in [0.5, 0.6) is 0 Å². The van der Waals surface area contributed by atoms with E-state index in [1.54, 1.807) is 0 Å². The van der Waals surface area contributed by atoms with Gasteiger partial charge < -0.3 is 4.74 Å². The molecule has 0 spiro atoms. The Balaban J connectivity index is 3.11. The molecule has 0 heterocycles. The Morgan fingerprint density at radius 3 is 2.06 bits per heavy atom. The first-order valence-corrected chi connectivity index (χ1v) is 7.40. The van der Waals surface area contributed by atoms with E-state index in [0.717, 1.165) is 25.9 Å². The highest BCUT2D eigenvalue weighted by Gasteiger charge is 2.01. The molecule has 0 aromatic rings. The van der Waals surface area contributed by atoms with Gasteiger partial charge in [-0.2, -0.15) is 0 Å². The van der Waals surface area contributed by atoms with Crippen LogP contribution in [0.1, 0.15) is 78.1 Å². The van der Waals surface area contributed by atoms with Crippen molar-refractivity contribution in [3.63, 3.8) is 0 Å². The number of carbonyl (C=O) groups excluding carboxylic acids is 1. The molecule has 17 heavy (non-hydrogen) atoms. The minimum atomic E-state index is 0.370. The first kappa shape index (κ1) is 16.6. The lowest BCUT2D eigenvalue weighted by atomic mass is 10.1. The summed E-state index contributed by atoms with van der Waals surface area (Å²) < 4.78 is 5.30. The largest absolute Gasteiger partial charge is 0.381 e. The molecule has 0 rings (SSSR count). The normalized spacial score (nSPS) is 10.7. The van der Waals surface area contributed by atoms with Crippen LogP contribution >= 0.6 is 0 Å². The minimum Gasteiger partial charge on any atom is -0.381 e. The molecule has 0 aliphatic heterocycles. The number of hydrogen-bond acceptors (Lipinski definition) is 2. The van der Waals surface area contributed by atoms with Gasteiger partial charge in [0.15, 0.2) is 0 Å². The predicted molar refractivity (Wildman–Crippen MR) is 73.3 cm³/mol. The van der Waals surface area contributed by atoms with Gasteiger partial charge in [-0.05, 0) is 12.8 Å². The average Bonchev–Trinajstić information content (AvgIpc) is 2.33. The summed E-state index contributed by atoms with van der Waals surface area (Å²) in [5, 5.41) is 0. The van der Waals surface area contributed by atoms with Crippen molar-refractivity contribution in [1.29, 1.82) is 0 Å². The standard InChI is InChI=1S/C15H30O2/c1-3-5-6-7-8-9-10-11-15(16)12-14-17-13-4-2/h3-14H2,1-2H3. The van der Waals surface area contributed by atoms with Gasteiger partial charge >= 0.3 is 0 Å². The average molecular weight is 242 g/mol. The molecule has 0 saturated heterocycles. The van der Waals surface area contributed by atoms with Crippen molar-refractivity contribution >= 4 is 5.78 Å². The number of Topliss-reactive ketones (excluding diaryl/α,β-unsaturated/α-hetero) is 1. The van der Waals surface area contributed by atoms with Gasteiger partial charge in [-0.25, -0.2) is 0 Å². The molecule has 0 aliphatic rings. The van der Waals surface area contributed by atoms with Gasteiger partial charge in [0.2, 0.25) is 0 Å². The highest BCUT2D eigenvalue weighted by molar-refractivity contribution is 5.78. The van der Waals surface area contributed by atoms with Gasteiger partial charge in [0.1, 0.15) is 5.78 Å². The van der Waals surface area contributed by atoms with E-state index in [1.807, 2.05) is 0 Å². The number of unbranched alkanes of at least 4 members (excludes halogenated alkanes) is 6. The summed E-state index contributed by atoms with van der Waals surface area (Å²) in [6.07, 6.45) is 11.3. The quantitative estimate of drug-likeness (QED) is 0.444. The van der Waals surface area contributed by atoms with Crippen molar-refractivity contribution < 1.29 is 9.53 Å². The highest BCUT2D eigenvalue weighted by atomic mass is 16.5. The molecular weight excluding hydrogens is 212 g/mol. The summed E-state index contributed by atoms with van der Waals surface area (Å²) >= 11 is 0. The van der Waals surface area contributed by atoms with Gasteiger partial charge in [0.05, 0.1) is 6.61 Å². The zero-order valence-corrected chi connectivity index (χ0v) is 11.8. The second-order valence-corrected chi connectivity index (χ2v) is 4.77. The number of hydrogen-bond donors (Lipinski definition) is 0. The van der Waals surface area contributed by atoms with Crippen LogP contribution in [0.2, 0.25) is 0 Å². The molecule has 102 valence electrons. The Labute approximate surface area is 107 Å². The van der Waals surface area contributed by atoms with Crippen LogP contribution in [0.15, 0.2) is 0 Å². The van der Waals surface area contributed by atoms with Gasteiger partial charge in [0, 0.05) is 19.4 Å². The van der Waals surface area contributed by atoms with E-state index in [9.17, 15) is 4.79 Å². The molecule has 0 radical (unpaired) electrons. The Hall–Kier alpha value is -0.370. The zero-order chi connectivity index (χ0) is 12.8. The van der Waals surface area contributed by atoms with E-state index in [2.05, 4.69) is 13.8 Å². The molecule has 0 atom stereocenters. The molecule has 0 fully saturated rings. The smallest absolute Gasteiger partial charge is 0.135 e. The Kier molecular flexibility index (Phi) is 13.4. The third-order valence-electron chi connectivity index (χ3n) is 2.93. The van der Waals surface area contributed by atoms with E-state index < -0.39 is 0 Å². The lowest BCUT2D eigenvalue weighted by molar-refractivity contribution is -0.120. The van der Waals surface area contributed by atoms with Crippen molar-refractivity contribution in [3.05, 3.63) is 0 Å². The van der Waals surface area contributed by atoms with Crippen LogP contribution < -0.4 is 0 Å². The molecule has 0 bridgehead atoms. The van der Waals surface area contributed by atoms with Crippen molar-refractivity contribution in [2.24, 2.45) is 0 Å². The van der Waals surface area contributed by atoms with E-state index in [0.29, 0.717) is 18.8 Å². The van der Waals surface area contributed by atoms with Gasteiger partial charge in [-0.3, -0.25) is 4.79 Å². The fourth-order valence-corrected chi connectivity index (χ4v) is 1.84. The summed E-state index contributed by atoms with van der Waals surface area (Å²) in [5.74, 6) is 0.370. The van der Waals surface area contributed by atoms with Crippen molar-refractivity contribution in [2.45, 2.75) is 78.1 Å². The van der Waals surface area contributed by atoms with Crippen LogP contribution in [-0.2, 0) is 9.53 Å². The Morgan fingerprint density at radius 2 is 1.41 bits per heavy atom. The van der Waals surface area contributed by atoms with Crippen molar-refractivity contribution in [2.75, 3.05) is 13.2 Å². The molecule has 0 N–H and O–H groups in total. The zero-order valence-electron chi connectivity index (χ0n) is 11.8. The second kappa shape index (κ2) is 13.7. The lowest BCUT2D eigenvalue weighted by Gasteiger charge is -2.03. The molecule has 0 saturated carbocycles. The number of ether oxygens (including phenoxy) is 1. The van der Waals surface area contributed by atoms with Gasteiger partial charge in [0.25, 0.3) is 0 Å². The van der Waals surface area contributed by atoms with Crippen molar-refractivity contribution in [3.8, 4) is 0 Å². The molecule has 0 unspecified atom stereocenters. The first-order chi connectivity index (χ1) is 8.31.